The SMILES string of the molecule is COc1ccc(-c2oc3c(Br)cc(CN(CCC(=O)[O-])C(=O)OC(C)(C)C)cc3c(=O)c2OC)cc1Cl.[Li+]. The number of hydrogen-bond donors (Lipinski definition) is 0. The molecule has 0 atom stereocenters. The zero-order valence-electron chi connectivity index (χ0n) is 22.0. The number of carboxylic acid groups (broad SMARTS) is 1. The molecule has 0 saturated heterocycles. The molecule has 9 nitrogen and oxygen atoms in total. The summed E-state index contributed by atoms with van der Waals surface area (Å²) in [5.41, 5.74) is 0.0895. The molecule has 3 rings (SSSR count). The largest absolute Gasteiger partial charge is 1.00 e. The molecule has 0 N–H and O–H groups in total. The number of methoxy groups -OCH3 is 2. The maximum Gasteiger partial charge on any atom is 1.00 e. The third-order valence-corrected chi connectivity index (χ3v) is 6.08. The van der Waals surface area contributed by atoms with E-state index in [1.165, 1.54) is 19.1 Å². The third-order valence-electron chi connectivity index (χ3n) is 5.19. The molecule has 0 radical (unpaired) electrons. The molecule has 0 fully saturated rings. The Morgan fingerprint density at radius 1 is 1.13 bits per heavy atom. The Hall–Kier alpha value is -2.64. The van der Waals surface area contributed by atoms with E-state index in [2.05, 4.69) is 15.9 Å². The second-order valence-corrected chi connectivity index (χ2v) is 10.4. The summed E-state index contributed by atoms with van der Waals surface area (Å²) in [6, 6.07) is 8.19. The number of rotatable bonds is 8. The quantitative estimate of drug-likeness (QED) is 0.358. The van der Waals surface area contributed by atoms with Gasteiger partial charge in [-0.25, -0.2) is 4.79 Å². The molecule has 2 aromatic carbocycles. The molecular weight excluding hydrogens is 577 g/mol. The number of amides is 1. The molecule has 0 aliphatic heterocycles. The molecular formula is C26H26BrClLiNO8. The van der Waals surface area contributed by atoms with Crippen LogP contribution < -0.4 is 38.9 Å². The first-order valence-corrected chi connectivity index (χ1v) is 12.4. The van der Waals surface area contributed by atoms with E-state index in [1.54, 1.807) is 51.1 Å². The fourth-order valence-electron chi connectivity index (χ4n) is 3.58. The number of nitrogens with zero attached hydrogens (tertiary/aromatic N) is 1. The Morgan fingerprint density at radius 2 is 1.82 bits per heavy atom. The molecule has 0 spiro atoms. The van der Waals surface area contributed by atoms with Gasteiger partial charge in [-0.2, -0.15) is 0 Å². The predicted molar refractivity (Wildman–Crippen MR) is 140 cm³/mol. The number of carboxylic acids is 1. The first-order valence-electron chi connectivity index (χ1n) is 11.2. The molecule has 1 aromatic heterocycles. The van der Waals surface area contributed by atoms with Gasteiger partial charge in [0.05, 0.1) is 29.1 Å². The molecule has 12 heteroatoms. The topological polar surface area (TPSA) is 118 Å². The van der Waals surface area contributed by atoms with E-state index in [0.29, 0.717) is 26.4 Å². The van der Waals surface area contributed by atoms with Crippen LogP contribution in [0.5, 0.6) is 11.5 Å². The van der Waals surface area contributed by atoms with Gasteiger partial charge in [0.1, 0.15) is 11.4 Å². The molecule has 198 valence electrons. The van der Waals surface area contributed by atoms with Gasteiger partial charge in [-0.05, 0) is 72.6 Å². The van der Waals surface area contributed by atoms with Crippen LogP contribution in [0.15, 0.2) is 44.0 Å². The second-order valence-electron chi connectivity index (χ2n) is 9.12. The minimum Gasteiger partial charge on any atom is -0.550 e. The van der Waals surface area contributed by atoms with Crippen molar-refractivity contribution in [3.8, 4) is 22.8 Å². The van der Waals surface area contributed by atoms with E-state index in [1.807, 2.05) is 0 Å². The number of hydrogen-bond acceptors (Lipinski definition) is 8. The number of benzene rings is 2. The maximum absolute atomic E-state index is 13.4. The Bertz CT molecular complexity index is 1400. The van der Waals surface area contributed by atoms with Crippen molar-refractivity contribution in [2.24, 2.45) is 0 Å². The predicted octanol–water partition coefficient (Wildman–Crippen LogP) is 1.77. The van der Waals surface area contributed by atoms with Crippen molar-refractivity contribution < 1.29 is 52.2 Å². The number of aliphatic carboxylic acids is 1. The van der Waals surface area contributed by atoms with Gasteiger partial charge in [0.25, 0.3) is 0 Å². The van der Waals surface area contributed by atoms with Crippen molar-refractivity contribution in [3.05, 3.63) is 55.6 Å². The molecule has 0 aliphatic rings. The van der Waals surface area contributed by atoms with Gasteiger partial charge in [-0.1, -0.05) is 11.6 Å². The number of carbonyl (C=O) groups excluding carboxylic acids is 2. The Kier molecular flexibility index (Phi) is 10.8. The van der Waals surface area contributed by atoms with E-state index >= 15 is 0 Å². The van der Waals surface area contributed by atoms with Gasteiger partial charge in [0, 0.05) is 31.0 Å². The van der Waals surface area contributed by atoms with E-state index < -0.39 is 23.1 Å². The van der Waals surface area contributed by atoms with E-state index in [0.717, 1.165) is 0 Å². The number of carbonyl (C=O) groups is 2. The Morgan fingerprint density at radius 3 is 2.37 bits per heavy atom. The summed E-state index contributed by atoms with van der Waals surface area (Å²) in [7, 11) is 2.85. The first kappa shape index (κ1) is 31.6. The van der Waals surface area contributed by atoms with Crippen molar-refractivity contribution in [3.63, 3.8) is 0 Å². The molecule has 3 aromatic rings. The fourth-order valence-corrected chi connectivity index (χ4v) is 4.42. The summed E-state index contributed by atoms with van der Waals surface area (Å²) in [6.07, 6.45) is -1.07. The fraction of sp³-hybridized carbons (Fsp3) is 0.346. The van der Waals surface area contributed by atoms with Gasteiger partial charge in [0.15, 0.2) is 11.3 Å². The molecule has 1 amide bonds. The second kappa shape index (κ2) is 12.9. The smallest absolute Gasteiger partial charge is 0.550 e. The zero-order valence-corrected chi connectivity index (χ0v) is 24.3. The van der Waals surface area contributed by atoms with Crippen molar-refractivity contribution in [2.75, 3.05) is 20.8 Å². The van der Waals surface area contributed by atoms with Crippen LogP contribution in [0.3, 0.4) is 0 Å². The zero-order chi connectivity index (χ0) is 27.5. The third kappa shape index (κ3) is 7.47. The monoisotopic (exact) mass is 601 g/mol. The van der Waals surface area contributed by atoms with Crippen LogP contribution in [0.1, 0.15) is 32.8 Å². The van der Waals surface area contributed by atoms with Crippen LogP contribution in [0.25, 0.3) is 22.3 Å². The average Bonchev–Trinajstić information content (AvgIpc) is 2.80. The van der Waals surface area contributed by atoms with Gasteiger partial charge in [0.2, 0.25) is 11.2 Å². The van der Waals surface area contributed by atoms with E-state index in [-0.39, 0.29) is 60.8 Å². The minimum atomic E-state index is -1.30. The van der Waals surface area contributed by atoms with Gasteiger partial charge < -0.3 is 33.4 Å². The van der Waals surface area contributed by atoms with Crippen LogP contribution in [0.4, 0.5) is 4.79 Å². The van der Waals surface area contributed by atoms with Crippen molar-refractivity contribution in [2.45, 2.75) is 39.3 Å². The van der Waals surface area contributed by atoms with Gasteiger partial charge in [-0.15, -0.1) is 0 Å². The van der Waals surface area contributed by atoms with Gasteiger partial charge >= 0.3 is 25.0 Å². The summed E-state index contributed by atoms with van der Waals surface area (Å²) in [5, 5.41) is 11.6. The number of halogens is 2. The van der Waals surface area contributed by atoms with Crippen LogP contribution in [-0.4, -0.2) is 43.3 Å². The van der Waals surface area contributed by atoms with Crippen LogP contribution in [-0.2, 0) is 16.1 Å². The van der Waals surface area contributed by atoms with E-state index in [4.69, 9.17) is 30.2 Å². The molecule has 0 unspecified atom stereocenters. The molecule has 38 heavy (non-hydrogen) atoms. The van der Waals surface area contributed by atoms with Crippen LogP contribution in [0, 0.1) is 0 Å². The van der Waals surface area contributed by atoms with Crippen molar-refractivity contribution in [1.29, 1.82) is 0 Å². The minimum absolute atomic E-state index is 0. The number of ether oxygens (including phenoxy) is 3. The summed E-state index contributed by atoms with van der Waals surface area (Å²) in [5.74, 6) is -0.683. The van der Waals surface area contributed by atoms with Crippen LogP contribution >= 0.6 is 27.5 Å². The maximum atomic E-state index is 13.4. The first-order chi connectivity index (χ1) is 17.3. The molecule has 1 heterocycles. The molecule has 0 saturated carbocycles. The standard InChI is InChI=1S/C26H27BrClNO8.Li/c1-26(2,3)37-25(33)29(9-8-20(30)31)13-14-10-16-21(32)24(35-5)22(36-23(16)17(27)11-14)15-6-7-19(34-4)18(28)12-15;/h6-7,10-12H,8-9,13H2,1-5H3,(H,30,31);/q;+1/p-1. The molecule has 0 bridgehead atoms. The summed E-state index contributed by atoms with van der Waals surface area (Å²) >= 11 is 9.72. The normalized spacial score (nSPS) is 11.0. The number of fused-ring (bicyclic) bond motifs is 1. The Labute approximate surface area is 245 Å². The molecule has 0 aliphatic carbocycles. The van der Waals surface area contributed by atoms with Crippen molar-refractivity contribution >= 4 is 50.6 Å². The average molecular weight is 603 g/mol. The summed E-state index contributed by atoms with van der Waals surface area (Å²) in [4.78, 5) is 38.4. The summed E-state index contributed by atoms with van der Waals surface area (Å²) in [6.45, 7) is 4.97. The Balaban J connectivity index is 0.00000507. The van der Waals surface area contributed by atoms with Gasteiger partial charge in [-0.3, -0.25) is 4.79 Å². The summed E-state index contributed by atoms with van der Waals surface area (Å²) < 4.78 is 22.6. The van der Waals surface area contributed by atoms with Crippen molar-refractivity contribution in [1.82, 2.24) is 4.90 Å². The van der Waals surface area contributed by atoms with E-state index in [9.17, 15) is 19.5 Å². The van der Waals surface area contributed by atoms with Crippen LogP contribution in [0.2, 0.25) is 5.02 Å².